The van der Waals surface area contributed by atoms with Crippen LogP contribution in [0.4, 0.5) is 18.9 Å². The van der Waals surface area contributed by atoms with Gasteiger partial charge in [-0.1, -0.05) is 19.9 Å². The lowest BCUT2D eigenvalue weighted by Crippen LogP contribution is -2.48. The number of amides is 1. The highest BCUT2D eigenvalue weighted by atomic mass is 19.4. The third-order valence-corrected chi connectivity index (χ3v) is 3.03. The Morgan fingerprint density at radius 1 is 1.29 bits per heavy atom. The topological polar surface area (TPSA) is 29.5 Å². The van der Waals surface area contributed by atoms with Gasteiger partial charge < -0.3 is 4.74 Å². The number of benzene rings is 1. The molecule has 0 N–H and O–H groups in total. The number of methoxy groups -OCH3 is 1. The molecule has 1 aromatic rings. The van der Waals surface area contributed by atoms with Crippen molar-refractivity contribution < 1.29 is 22.7 Å². The van der Waals surface area contributed by atoms with Crippen LogP contribution in [-0.2, 0) is 4.79 Å². The number of carbonyl (C=O) groups excluding carboxylic acids is 1. The predicted octanol–water partition coefficient (Wildman–Crippen LogP) is 3.80. The van der Waals surface area contributed by atoms with Crippen molar-refractivity contribution in [1.82, 2.24) is 0 Å². The summed E-state index contributed by atoms with van der Waals surface area (Å²) in [4.78, 5) is 12.5. The molecule has 0 aliphatic carbocycles. The fourth-order valence-corrected chi connectivity index (χ4v) is 1.98. The maximum Gasteiger partial charge on any atom is 0.471 e. The minimum absolute atomic E-state index is 0.150. The molecule has 0 fully saturated rings. The number of halogens is 3. The number of alkyl halides is 3. The zero-order chi connectivity index (χ0) is 16.2. The molecule has 0 radical (unpaired) electrons. The van der Waals surface area contributed by atoms with Crippen molar-refractivity contribution in [3.8, 4) is 5.75 Å². The first-order chi connectivity index (χ1) is 9.72. The quantitative estimate of drug-likeness (QED) is 0.774. The van der Waals surface area contributed by atoms with E-state index in [9.17, 15) is 18.0 Å². The van der Waals surface area contributed by atoms with E-state index in [1.165, 1.54) is 37.5 Å². The second kappa shape index (κ2) is 6.65. The van der Waals surface area contributed by atoms with E-state index in [2.05, 4.69) is 6.58 Å². The summed E-state index contributed by atoms with van der Waals surface area (Å²) in [6.45, 7) is 7.00. The van der Waals surface area contributed by atoms with Gasteiger partial charge in [-0.05, 0) is 30.2 Å². The molecule has 0 saturated heterocycles. The lowest BCUT2D eigenvalue weighted by Gasteiger charge is -2.33. The molecule has 1 amide bonds. The summed E-state index contributed by atoms with van der Waals surface area (Å²) in [5, 5.41) is 0. The summed E-state index contributed by atoms with van der Waals surface area (Å²) in [6.07, 6.45) is -3.60. The number of hydrogen-bond donors (Lipinski definition) is 0. The number of anilines is 1. The average Bonchev–Trinajstić information content (AvgIpc) is 2.42. The zero-order valence-electron chi connectivity index (χ0n) is 12.1. The third-order valence-electron chi connectivity index (χ3n) is 3.03. The molecule has 0 unspecified atom stereocenters. The van der Waals surface area contributed by atoms with Gasteiger partial charge in [0.25, 0.3) is 0 Å². The Labute approximate surface area is 122 Å². The van der Waals surface area contributed by atoms with Crippen molar-refractivity contribution in [2.45, 2.75) is 26.1 Å². The van der Waals surface area contributed by atoms with Crippen LogP contribution in [0.1, 0.15) is 13.8 Å². The summed E-state index contributed by atoms with van der Waals surface area (Å²) < 4.78 is 43.5. The van der Waals surface area contributed by atoms with E-state index in [-0.39, 0.29) is 11.6 Å². The Morgan fingerprint density at radius 3 is 2.14 bits per heavy atom. The largest absolute Gasteiger partial charge is 0.497 e. The van der Waals surface area contributed by atoms with Gasteiger partial charge in [-0.15, -0.1) is 6.58 Å². The third kappa shape index (κ3) is 4.00. The second-order valence-corrected chi connectivity index (χ2v) is 4.84. The maximum atomic E-state index is 12.8. The molecule has 0 heterocycles. The zero-order valence-corrected chi connectivity index (χ0v) is 12.1. The smallest absolute Gasteiger partial charge is 0.471 e. The van der Waals surface area contributed by atoms with Crippen LogP contribution >= 0.6 is 0 Å². The monoisotopic (exact) mass is 301 g/mol. The van der Waals surface area contributed by atoms with E-state index >= 15 is 0 Å². The summed E-state index contributed by atoms with van der Waals surface area (Å²) in [7, 11) is 1.45. The molecular weight excluding hydrogens is 283 g/mol. The van der Waals surface area contributed by atoms with Gasteiger partial charge >= 0.3 is 12.1 Å². The van der Waals surface area contributed by atoms with Gasteiger partial charge in [0.15, 0.2) is 0 Å². The predicted molar refractivity (Wildman–Crippen MR) is 75.4 cm³/mol. The van der Waals surface area contributed by atoms with Gasteiger partial charge in [0.1, 0.15) is 5.75 Å². The van der Waals surface area contributed by atoms with E-state index in [0.717, 1.165) is 4.90 Å². The maximum absolute atomic E-state index is 12.8. The summed E-state index contributed by atoms with van der Waals surface area (Å²) in [5.41, 5.74) is 0.150. The molecular formula is C15H18F3NO2. The van der Waals surface area contributed by atoms with Crippen LogP contribution in [0.3, 0.4) is 0 Å². The Morgan fingerprint density at radius 2 is 1.81 bits per heavy atom. The van der Waals surface area contributed by atoms with Crippen LogP contribution < -0.4 is 9.64 Å². The van der Waals surface area contributed by atoms with Crippen LogP contribution in [0, 0.1) is 5.92 Å². The average molecular weight is 301 g/mol. The standard InChI is InChI=1S/C15H18F3NO2/c1-5-13(10(2)3)19(14(20)15(16,17)18)11-6-8-12(21-4)9-7-11/h5-10,13H,1H2,2-4H3/t13-/m1/s1. The van der Waals surface area contributed by atoms with E-state index in [1.54, 1.807) is 13.8 Å². The molecule has 3 nitrogen and oxygen atoms in total. The van der Waals surface area contributed by atoms with Crippen molar-refractivity contribution in [2.24, 2.45) is 5.92 Å². The molecule has 0 aliphatic heterocycles. The van der Waals surface area contributed by atoms with Crippen molar-refractivity contribution in [3.05, 3.63) is 36.9 Å². The van der Waals surface area contributed by atoms with Gasteiger partial charge in [-0.3, -0.25) is 9.69 Å². The Kier molecular flexibility index (Phi) is 5.41. The second-order valence-electron chi connectivity index (χ2n) is 4.84. The molecule has 0 spiro atoms. The fourth-order valence-electron chi connectivity index (χ4n) is 1.98. The lowest BCUT2D eigenvalue weighted by molar-refractivity contribution is -0.171. The Balaban J connectivity index is 3.29. The van der Waals surface area contributed by atoms with Crippen LogP contribution in [0.25, 0.3) is 0 Å². The Hall–Kier alpha value is -1.98. The van der Waals surface area contributed by atoms with Crippen LogP contribution in [0.15, 0.2) is 36.9 Å². The van der Waals surface area contributed by atoms with Crippen molar-refractivity contribution in [3.63, 3.8) is 0 Å². The Bertz CT molecular complexity index is 495. The number of nitrogens with zero attached hydrogens (tertiary/aromatic N) is 1. The first-order valence-electron chi connectivity index (χ1n) is 6.39. The van der Waals surface area contributed by atoms with Crippen LogP contribution in [0.2, 0.25) is 0 Å². The minimum Gasteiger partial charge on any atom is -0.497 e. The van der Waals surface area contributed by atoms with Crippen molar-refractivity contribution >= 4 is 11.6 Å². The normalized spacial score (nSPS) is 12.9. The molecule has 0 saturated carbocycles. The molecule has 1 atom stereocenters. The molecule has 116 valence electrons. The minimum atomic E-state index is -4.95. The highest BCUT2D eigenvalue weighted by Gasteiger charge is 2.45. The van der Waals surface area contributed by atoms with Crippen molar-refractivity contribution in [2.75, 3.05) is 12.0 Å². The number of hydrogen-bond acceptors (Lipinski definition) is 2. The molecule has 1 aromatic carbocycles. The highest BCUT2D eigenvalue weighted by Crippen LogP contribution is 2.29. The van der Waals surface area contributed by atoms with Crippen LogP contribution in [0.5, 0.6) is 5.75 Å². The summed E-state index contributed by atoms with van der Waals surface area (Å²) in [6, 6.07) is 5.09. The number of carbonyl (C=O) groups is 1. The van der Waals surface area contributed by atoms with Gasteiger partial charge in [0.05, 0.1) is 13.2 Å². The molecule has 21 heavy (non-hydrogen) atoms. The van der Waals surface area contributed by atoms with E-state index in [1.807, 2.05) is 0 Å². The van der Waals surface area contributed by atoms with E-state index in [4.69, 9.17) is 4.74 Å². The molecule has 0 aliphatic rings. The van der Waals surface area contributed by atoms with E-state index < -0.39 is 18.1 Å². The van der Waals surface area contributed by atoms with Gasteiger partial charge in [0, 0.05) is 5.69 Å². The molecule has 6 heteroatoms. The van der Waals surface area contributed by atoms with Crippen molar-refractivity contribution in [1.29, 1.82) is 0 Å². The lowest BCUT2D eigenvalue weighted by atomic mass is 10.0. The molecule has 0 aromatic heterocycles. The summed E-state index contributed by atoms with van der Waals surface area (Å²) in [5.74, 6) is -1.62. The first kappa shape index (κ1) is 17.1. The summed E-state index contributed by atoms with van der Waals surface area (Å²) >= 11 is 0. The highest BCUT2D eigenvalue weighted by molar-refractivity contribution is 5.98. The van der Waals surface area contributed by atoms with Gasteiger partial charge in [-0.25, -0.2) is 0 Å². The van der Waals surface area contributed by atoms with E-state index in [0.29, 0.717) is 5.75 Å². The fraction of sp³-hybridized carbons (Fsp3) is 0.400. The van der Waals surface area contributed by atoms with Crippen LogP contribution in [-0.4, -0.2) is 25.2 Å². The molecule has 1 rings (SSSR count). The molecule has 0 bridgehead atoms. The van der Waals surface area contributed by atoms with Gasteiger partial charge in [0.2, 0.25) is 0 Å². The first-order valence-corrected chi connectivity index (χ1v) is 6.39. The number of rotatable bonds is 5. The SMILES string of the molecule is C=C[C@H](C(C)C)N(C(=O)C(F)(F)F)c1ccc(OC)cc1. The number of ether oxygens (including phenoxy) is 1. The van der Waals surface area contributed by atoms with Gasteiger partial charge in [-0.2, -0.15) is 13.2 Å².